The van der Waals surface area contributed by atoms with E-state index in [-0.39, 0.29) is 0 Å². The number of rotatable bonds is 5. The number of carbonyl (C=O) groups is 1. The van der Waals surface area contributed by atoms with Crippen LogP contribution in [-0.4, -0.2) is 11.2 Å². The van der Waals surface area contributed by atoms with E-state index < -0.39 is 5.97 Å². The van der Waals surface area contributed by atoms with Crippen molar-refractivity contribution in [2.75, 3.05) is 0 Å². The van der Waals surface area contributed by atoms with E-state index in [0.717, 1.165) is 33.4 Å². The number of para-hydroxylation sites is 2. The number of esters is 1. The summed E-state index contributed by atoms with van der Waals surface area (Å²) in [7, 11) is 0. The monoisotopic (exact) mass is 394 g/mol. The lowest BCUT2D eigenvalue weighted by atomic mass is 10.0. The van der Waals surface area contributed by atoms with E-state index in [0.29, 0.717) is 16.8 Å². The predicted octanol–water partition coefficient (Wildman–Crippen LogP) is 6.83. The number of aryl methyl sites for hydroxylation is 2. The van der Waals surface area contributed by atoms with Crippen molar-refractivity contribution in [3.8, 4) is 5.75 Å². The SMILES string of the molecule is Cc1cccc(C)c1OC(=O)c1oc2ccccc2c1CSC1CCCCC1. The summed E-state index contributed by atoms with van der Waals surface area (Å²) in [5.41, 5.74) is 3.60. The number of benzene rings is 2. The first kappa shape index (κ1) is 19.1. The van der Waals surface area contributed by atoms with Crippen LogP contribution in [-0.2, 0) is 5.75 Å². The highest BCUT2D eigenvalue weighted by Gasteiger charge is 2.24. The summed E-state index contributed by atoms with van der Waals surface area (Å²) in [6, 6.07) is 13.8. The van der Waals surface area contributed by atoms with Gasteiger partial charge in [-0.15, -0.1) is 0 Å². The number of fused-ring (bicyclic) bond motifs is 1. The third-order valence-corrected chi connectivity index (χ3v) is 6.90. The van der Waals surface area contributed by atoms with Crippen molar-refractivity contribution in [1.29, 1.82) is 0 Å². The number of hydrogen-bond donors (Lipinski definition) is 0. The lowest BCUT2D eigenvalue weighted by Crippen LogP contribution is -2.12. The molecule has 4 heteroatoms. The van der Waals surface area contributed by atoms with Crippen LogP contribution in [0.1, 0.15) is 59.3 Å². The molecule has 1 saturated carbocycles. The average molecular weight is 395 g/mol. The number of furan rings is 1. The van der Waals surface area contributed by atoms with Crippen molar-refractivity contribution < 1.29 is 13.9 Å². The Morgan fingerprint density at radius 1 is 1.04 bits per heavy atom. The minimum absolute atomic E-state index is 0.340. The van der Waals surface area contributed by atoms with Gasteiger partial charge in [-0.3, -0.25) is 0 Å². The molecule has 0 aliphatic heterocycles. The van der Waals surface area contributed by atoms with E-state index in [1.54, 1.807) is 0 Å². The van der Waals surface area contributed by atoms with Crippen LogP contribution >= 0.6 is 11.8 Å². The van der Waals surface area contributed by atoms with Crippen LogP contribution in [0.5, 0.6) is 5.75 Å². The predicted molar refractivity (Wildman–Crippen MR) is 115 cm³/mol. The number of carbonyl (C=O) groups excluding carboxylic acids is 1. The Balaban J connectivity index is 1.62. The largest absolute Gasteiger partial charge is 0.449 e. The fourth-order valence-electron chi connectivity index (χ4n) is 3.94. The summed E-state index contributed by atoms with van der Waals surface area (Å²) in [4.78, 5) is 13.0. The summed E-state index contributed by atoms with van der Waals surface area (Å²) in [6.45, 7) is 3.90. The van der Waals surface area contributed by atoms with Gasteiger partial charge >= 0.3 is 5.97 Å². The van der Waals surface area contributed by atoms with Gasteiger partial charge in [-0.25, -0.2) is 4.79 Å². The topological polar surface area (TPSA) is 39.4 Å². The first-order chi connectivity index (χ1) is 13.6. The number of hydrogen-bond acceptors (Lipinski definition) is 4. The van der Waals surface area contributed by atoms with E-state index in [9.17, 15) is 4.79 Å². The highest BCUT2D eigenvalue weighted by atomic mass is 32.2. The maximum atomic E-state index is 13.0. The van der Waals surface area contributed by atoms with Gasteiger partial charge in [0.2, 0.25) is 5.76 Å². The zero-order chi connectivity index (χ0) is 19.5. The summed E-state index contributed by atoms with van der Waals surface area (Å²) in [6.07, 6.45) is 6.50. The zero-order valence-corrected chi connectivity index (χ0v) is 17.3. The van der Waals surface area contributed by atoms with Gasteiger partial charge < -0.3 is 9.15 Å². The summed E-state index contributed by atoms with van der Waals surface area (Å²) < 4.78 is 11.7. The third-order valence-electron chi connectivity index (χ3n) is 5.50. The lowest BCUT2D eigenvalue weighted by molar-refractivity contribution is 0.0700. The molecule has 1 aromatic heterocycles. The van der Waals surface area contributed by atoms with Crippen LogP contribution in [0.4, 0.5) is 0 Å². The normalized spacial score (nSPS) is 15.1. The maximum Gasteiger partial charge on any atom is 0.380 e. The molecule has 1 fully saturated rings. The van der Waals surface area contributed by atoms with Crippen molar-refractivity contribution in [2.45, 2.75) is 57.0 Å². The van der Waals surface area contributed by atoms with E-state index in [1.165, 1.54) is 32.1 Å². The average Bonchev–Trinajstić information content (AvgIpc) is 3.09. The first-order valence-corrected chi connectivity index (χ1v) is 11.1. The Labute approximate surface area is 170 Å². The van der Waals surface area contributed by atoms with Gasteiger partial charge in [0, 0.05) is 22.0 Å². The molecular formula is C24H26O3S. The summed E-state index contributed by atoms with van der Waals surface area (Å²) in [5.74, 6) is 1.33. The van der Waals surface area contributed by atoms with E-state index >= 15 is 0 Å². The fraction of sp³-hybridized carbons (Fsp3) is 0.375. The van der Waals surface area contributed by atoms with Crippen LogP contribution in [0.2, 0.25) is 0 Å². The van der Waals surface area contributed by atoms with E-state index in [4.69, 9.17) is 9.15 Å². The first-order valence-electron chi connectivity index (χ1n) is 10.0. The lowest BCUT2D eigenvalue weighted by Gasteiger charge is -2.20. The van der Waals surface area contributed by atoms with Crippen molar-refractivity contribution in [3.63, 3.8) is 0 Å². The maximum absolute atomic E-state index is 13.0. The minimum atomic E-state index is -0.409. The molecule has 0 saturated heterocycles. The molecule has 3 nitrogen and oxygen atoms in total. The molecule has 0 atom stereocenters. The van der Waals surface area contributed by atoms with Gasteiger partial charge in [-0.05, 0) is 43.9 Å². The Hall–Kier alpha value is -2.20. The van der Waals surface area contributed by atoms with Crippen molar-refractivity contribution >= 4 is 28.7 Å². The smallest absolute Gasteiger partial charge is 0.380 e. The Bertz CT molecular complexity index is 962. The van der Waals surface area contributed by atoms with Gasteiger partial charge in [-0.2, -0.15) is 11.8 Å². The summed E-state index contributed by atoms with van der Waals surface area (Å²) in [5, 5.41) is 1.68. The van der Waals surface area contributed by atoms with Crippen LogP contribution in [0.3, 0.4) is 0 Å². The minimum Gasteiger partial charge on any atom is -0.449 e. The van der Waals surface area contributed by atoms with Crippen molar-refractivity contribution in [1.82, 2.24) is 0 Å². The molecule has 1 heterocycles. The number of thioether (sulfide) groups is 1. The molecule has 1 aliphatic rings. The molecule has 0 N–H and O–H groups in total. The molecule has 0 spiro atoms. The molecule has 4 rings (SSSR count). The highest BCUT2D eigenvalue weighted by Crippen LogP contribution is 2.35. The molecular weight excluding hydrogens is 368 g/mol. The molecule has 0 unspecified atom stereocenters. The van der Waals surface area contributed by atoms with Crippen LogP contribution in [0.25, 0.3) is 11.0 Å². The molecule has 0 bridgehead atoms. The van der Waals surface area contributed by atoms with Gasteiger partial charge in [0.25, 0.3) is 0 Å². The molecule has 2 aromatic carbocycles. The summed E-state index contributed by atoms with van der Waals surface area (Å²) >= 11 is 1.95. The Morgan fingerprint density at radius 2 is 1.75 bits per heavy atom. The van der Waals surface area contributed by atoms with E-state index in [2.05, 4.69) is 0 Å². The van der Waals surface area contributed by atoms with Gasteiger partial charge in [-0.1, -0.05) is 55.7 Å². The molecule has 0 amide bonds. The van der Waals surface area contributed by atoms with Gasteiger partial charge in [0.15, 0.2) is 0 Å². The molecule has 1 aliphatic carbocycles. The Kier molecular flexibility index (Phi) is 5.77. The van der Waals surface area contributed by atoms with E-state index in [1.807, 2.05) is 68.1 Å². The molecule has 28 heavy (non-hydrogen) atoms. The second-order valence-corrected chi connectivity index (χ2v) is 8.88. The quantitative estimate of drug-likeness (QED) is 0.351. The zero-order valence-electron chi connectivity index (χ0n) is 16.5. The van der Waals surface area contributed by atoms with Crippen LogP contribution in [0, 0.1) is 13.8 Å². The van der Waals surface area contributed by atoms with Crippen LogP contribution < -0.4 is 4.74 Å². The number of ether oxygens (including phenoxy) is 1. The second-order valence-electron chi connectivity index (χ2n) is 7.59. The highest BCUT2D eigenvalue weighted by molar-refractivity contribution is 7.99. The van der Waals surface area contributed by atoms with Gasteiger partial charge in [0.05, 0.1) is 0 Å². The third kappa shape index (κ3) is 3.97. The standard InChI is InChI=1S/C24H26O3S/c1-16-9-8-10-17(2)22(16)27-24(25)23-20(15-28-18-11-4-3-5-12-18)19-13-6-7-14-21(19)26-23/h6-10,13-14,18H,3-5,11-12,15H2,1-2H3. The Morgan fingerprint density at radius 3 is 2.50 bits per heavy atom. The fourth-order valence-corrected chi connectivity index (χ4v) is 5.29. The van der Waals surface area contributed by atoms with Crippen LogP contribution in [0.15, 0.2) is 46.9 Å². The van der Waals surface area contributed by atoms with Crippen molar-refractivity contribution in [3.05, 3.63) is 64.9 Å². The molecule has 146 valence electrons. The molecule has 0 radical (unpaired) electrons. The molecule has 3 aromatic rings. The second kappa shape index (κ2) is 8.44. The van der Waals surface area contributed by atoms with Gasteiger partial charge in [0.1, 0.15) is 11.3 Å². The van der Waals surface area contributed by atoms with Crippen molar-refractivity contribution in [2.24, 2.45) is 0 Å².